The number of alkyl halides is 5. The molecule has 1 amide bonds. The number of hydrogen-bond donors (Lipinski definition) is 1. The van der Waals surface area contributed by atoms with Gasteiger partial charge in [-0.25, -0.2) is 0 Å². The van der Waals surface area contributed by atoms with E-state index >= 15 is 0 Å². The zero-order chi connectivity index (χ0) is 33.4. The lowest BCUT2D eigenvalue weighted by molar-refractivity contribution is -0.362. The van der Waals surface area contributed by atoms with Crippen molar-refractivity contribution < 1.29 is 36.6 Å². The summed E-state index contributed by atoms with van der Waals surface area (Å²) in [6.07, 6.45) is -2.82. The highest BCUT2D eigenvalue weighted by Gasteiger charge is 2.78. The highest BCUT2D eigenvalue weighted by atomic mass is 19.4. The third-order valence-corrected chi connectivity index (χ3v) is 11.9. The fraction of sp³-hybridized carbons (Fsp3) is 0.667. The molecule has 0 spiro atoms. The van der Waals surface area contributed by atoms with Crippen LogP contribution in [0.25, 0.3) is 0 Å². The average molecular weight is 649 g/mol. The number of allylic oxidation sites excluding steroid dienone is 4. The maximum absolute atomic E-state index is 14.9. The third-order valence-electron chi connectivity index (χ3n) is 11.9. The van der Waals surface area contributed by atoms with E-state index in [0.29, 0.717) is 32.4 Å². The second-order valence-corrected chi connectivity index (χ2v) is 15.5. The van der Waals surface area contributed by atoms with Gasteiger partial charge >= 0.3 is 12.1 Å². The molecule has 1 aromatic carbocycles. The Morgan fingerprint density at radius 1 is 0.957 bits per heavy atom. The van der Waals surface area contributed by atoms with E-state index in [1.165, 1.54) is 6.92 Å². The second kappa shape index (κ2) is 11.2. The summed E-state index contributed by atoms with van der Waals surface area (Å²) in [6.45, 7) is 10.9. The molecule has 5 nitrogen and oxygen atoms in total. The SMILES string of the molecule is CC(C)(C)C(=O)N1CCN(Cc2ccc(C3CC(=O)C=C4CC[C@@H]5C(=C43)CC[C@@]3(C)[C@H]5CCC3(O)C(F)(F)C(F)(F)F)cc2)CC1. The quantitative estimate of drug-likeness (QED) is 0.351. The van der Waals surface area contributed by atoms with Gasteiger partial charge in [0.25, 0.3) is 0 Å². The lowest BCUT2D eigenvalue weighted by Gasteiger charge is -2.53. The van der Waals surface area contributed by atoms with Crippen molar-refractivity contribution in [3.63, 3.8) is 0 Å². The maximum Gasteiger partial charge on any atom is 0.456 e. The predicted molar refractivity (Wildman–Crippen MR) is 164 cm³/mol. The van der Waals surface area contributed by atoms with Crippen molar-refractivity contribution in [1.82, 2.24) is 9.80 Å². The van der Waals surface area contributed by atoms with E-state index in [9.17, 15) is 36.6 Å². The normalized spacial score (nSPS) is 32.6. The first-order valence-corrected chi connectivity index (χ1v) is 16.6. The van der Waals surface area contributed by atoms with E-state index in [4.69, 9.17) is 0 Å². The summed E-state index contributed by atoms with van der Waals surface area (Å²) in [4.78, 5) is 29.8. The van der Waals surface area contributed by atoms with Crippen molar-refractivity contribution in [2.24, 2.45) is 22.7 Å². The van der Waals surface area contributed by atoms with Gasteiger partial charge in [0, 0.05) is 55.9 Å². The molecule has 2 saturated carbocycles. The lowest BCUT2D eigenvalue weighted by atomic mass is 9.53. The van der Waals surface area contributed by atoms with Crippen LogP contribution in [0.2, 0.25) is 0 Å². The first kappa shape index (κ1) is 33.3. The number of halogens is 5. The van der Waals surface area contributed by atoms with Crippen LogP contribution in [0, 0.1) is 22.7 Å². The number of rotatable bonds is 4. The van der Waals surface area contributed by atoms with Crippen molar-refractivity contribution in [3.8, 4) is 0 Å². The first-order chi connectivity index (χ1) is 21.4. The summed E-state index contributed by atoms with van der Waals surface area (Å²) in [7, 11) is 0. The number of amides is 1. The summed E-state index contributed by atoms with van der Waals surface area (Å²) in [5, 5.41) is 11.1. The predicted octanol–water partition coefficient (Wildman–Crippen LogP) is 7.21. The van der Waals surface area contributed by atoms with Gasteiger partial charge in [0.05, 0.1) is 0 Å². The van der Waals surface area contributed by atoms with Crippen molar-refractivity contribution in [1.29, 1.82) is 0 Å². The lowest BCUT2D eigenvalue weighted by Crippen LogP contribution is -2.64. The Morgan fingerprint density at radius 2 is 1.61 bits per heavy atom. The van der Waals surface area contributed by atoms with Gasteiger partial charge < -0.3 is 10.0 Å². The number of carbonyl (C=O) groups excluding carboxylic acids is 2. The van der Waals surface area contributed by atoms with E-state index in [-0.39, 0.29) is 42.8 Å². The van der Waals surface area contributed by atoms with Crippen molar-refractivity contribution in [2.75, 3.05) is 26.2 Å². The summed E-state index contributed by atoms with van der Waals surface area (Å²) < 4.78 is 70.4. The molecule has 4 aliphatic carbocycles. The molecule has 5 atom stereocenters. The van der Waals surface area contributed by atoms with E-state index in [1.54, 1.807) is 6.08 Å². The number of aliphatic hydroxyl groups is 1. The molecule has 5 aliphatic rings. The van der Waals surface area contributed by atoms with Gasteiger partial charge in [-0.05, 0) is 78.7 Å². The zero-order valence-corrected chi connectivity index (χ0v) is 27.2. The number of ketones is 1. The molecular weight excluding hydrogens is 603 g/mol. The van der Waals surface area contributed by atoms with Crippen LogP contribution >= 0.6 is 0 Å². The van der Waals surface area contributed by atoms with Gasteiger partial charge in [-0.15, -0.1) is 0 Å². The molecule has 6 rings (SSSR count). The maximum atomic E-state index is 14.9. The van der Waals surface area contributed by atoms with Crippen molar-refractivity contribution in [3.05, 3.63) is 58.2 Å². The molecule has 1 aliphatic heterocycles. The summed E-state index contributed by atoms with van der Waals surface area (Å²) >= 11 is 0. The van der Waals surface area contributed by atoms with Gasteiger partial charge in [0.1, 0.15) is 5.60 Å². The van der Waals surface area contributed by atoms with E-state index < -0.39 is 40.9 Å². The Hall–Kier alpha value is -2.59. The molecule has 252 valence electrons. The molecule has 1 saturated heterocycles. The fourth-order valence-electron chi connectivity index (χ4n) is 9.38. The smallest absolute Gasteiger partial charge is 0.383 e. The molecule has 10 heteroatoms. The van der Waals surface area contributed by atoms with Gasteiger partial charge in [-0.3, -0.25) is 14.5 Å². The molecule has 3 fully saturated rings. The Morgan fingerprint density at radius 3 is 2.22 bits per heavy atom. The molecule has 0 aromatic heterocycles. The van der Waals surface area contributed by atoms with Crippen LogP contribution < -0.4 is 0 Å². The molecule has 0 bridgehead atoms. The van der Waals surface area contributed by atoms with E-state index in [1.807, 2.05) is 25.7 Å². The number of carbonyl (C=O) groups is 2. The summed E-state index contributed by atoms with van der Waals surface area (Å²) in [6, 6.07) is 8.25. The number of piperazine rings is 1. The Labute approximate surface area is 267 Å². The summed E-state index contributed by atoms with van der Waals surface area (Å²) in [5.41, 5.74) is 0.0782. The molecule has 1 N–H and O–H groups in total. The first-order valence-electron chi connectivity index (χ1n) is 16.6. The van der Waals surface area contributed by atoms with Gasteiger partial charge in [0.15, 0.2) is 5.78 Å². The monoisotopic (exact) mass is 648 g/mol. The van der Waals surface area contributed by atoms with Crippen molar-refractivity contribution in [2.45, 2.75) is 103 Å². The van der Waals surface area contributed by atoms with Crippen molar-refractivity contribution >= 4 is 11.7 Å². The number of benzene rings is 1. The molecular formula is C36H45F5N2O3. The molecule has 1 heterocycles. The Bertz CT molecular complexity index is 1450. The fourth-order valence-corrected chi connectivity index (χ4v) is 9.38. The van der Waals surface area contributed by atoms with E-state index in [0.717, 1.165) is 47.5 Å². The number of hydrogen-bond acceptors (Lipinski definition) is 4. The van der Waals surface area contributed by atoms with Crippen LogP contribution in [-0.4, -0.2) is 70.5 Å². The third kappa shape index (κ3) is 5.26. The zero-order valence-electron chi connectivity index (χ0n) is 27.2. The van der Waals surface area contributed by atoms with Crippen LogP contribution in [0.3, 0.4) is 0 Å². The second-order valence-electron chi connectivity index (χ2n) is 15.5. The Kier molecular flexibility index (Phi) is 8.15. The summed E-state index contributed by atoms with van der Waals surface area (Å²) in [5.74, 6) is -5.90. The minimum absolute atomic E-state index is 0.0373. The topological polar surface area (TPSA) is 60.9 Å². The van der Waals surface area contributed by atoms with Crippen LogP contribution in [0.15, 0.2) is 47.1 Å². The minimum Gasteiger partial charge on any atom is -0.383 e. The van der Waals surface area contributed by atoms with E-state index in [2.05, 4.69) is 29.2 Å². The molecule has 0 radical (unpaired) electrons. The number of fused-ring (bicyclic) bond motifs is 4. The van der Waals surface area contributed by atoms with Gasteiger partial charge in [0.2, 0.25) is 5.91 Å². The van der Waals surface area contributed by atoms with Gasteiger partial charge in [-0.2, -0.15) is 22.0 Å². The molecule has 2 unspecified atom stereocenters. The van der Waals surface area contributed by atoms with Gasteiger partial charge in [-0.1, -0.05) is 57.5 Å². The average Bonchev–Trinajstić information content (AvgIpc) is 3.27. The van der Waals surface area contributed by atoms with Crippen LogP contribution in [0.5, 0.6) is 0 Å². The Balaban J connectivity index is 1.22. The van der Waals surface area contributed by atoms with Crippen LogP contribution in [-0.2, 0) is 16.1 Å². The largest absolute Gasteiger partial charge is 0.456 e. The van der Waals surface area contributed by atoms with Crippen LogP contribution in [0.1, 0.15) is 89.7 Å². The standard InChI is InChI=1S/C36H45F5N2O3/c1-32(2,3)31(45)43-17-15-42(16-18-43)21-22-5-7-23(8-6-22)28-20-25(44)19-24-9-10-26-27(30(24)28)11-13-33(4)29(26)12-14-34(33,46)35(37,38)36(39,40)41/h5-8,19,26,28-29,46H,9-18,20-21H2,1-4H3/t26-,28?,29+,33+,34?/m1/s1. The number of nitrogens with zero attached hydrogens (tertiary/aromatic N) is 2. The van der Waals surface area contributed by atoms with Crippen LogP contribution in [0.4, 0.5) is 22.0 Å². The molecule has 46 heavy (non-hydrogen) atoms. The highest BCUT2D eigenvalue weighted by molar-refractivity contribution is 5.94. The minimum atomic E-state index is -5.83. The highest BCUT2D eigenvalue weighted by Crippen LogP contribution is 2.68. The molecule has 1 aromatic rings.